The van der Waals surface area contributed by atoms with Crippen molar-refractivity contribution in [2.45, 2.75) is 56.6 Å². The molecule has 1 saturated heterocycles. The van der Waals surface area contributed by atoms with Crippen LogP contribution in [-0.2, 0) is 9.53 Å². The van der Waals surface area contributed by atoms with Crippen molar-refractivity contribution in [2.75, 3.05) is 13.2 Å². The predicted molar refractivity (Wildman–Crippen MR) is 69.2 cm³/mol. The van der Waals surface area contributed by atoms with Crippen molar-refractivity contribution < 1.29 is 9.53 Å². The molecule has 0 bridgehead atoms. The molecule has 0 spiro atoms. The largest absolute Gasteiger partial charge is 0.368 e. The third-order valence-electron chi connectivity index (χ3n) is 3.69. The van der Waals surface area contributed by atoms with Gasteiger partial charge in [0.25, 0.3) is 0 Å². The predicted octanol–water partition coefficient (Wildman–Crippen LogP) is 1.36. The molecule has 0 aromatic rings. The van der Waals surface area contributed by atoms with Gasteiger partial charge in [-0.2, -0.15) is 0 Å². The molecule has 1 aliphatic carbocycles. The standard InChI is InChI=1S/C12H22N2O2.ClH/c13-12(6-2-1-3-7-12)9-14-11(15)10-5-4-8-16-10;/h10H,1-9,13H2,(H,14,15);1H/t10-;/m0./s1. The molecule has 0 aromatic carbocycles. The van der Waals surface area contributed by atoms with Crippen molar-refractivity contribution >= 4 is 18.3 Å². The minimum atomic E-state index is -0.229. The molecular formula is C12H23ClN2O2. The molecule has 2 aliphatic rings. The Morgan fingerprint density at radius 2 is 2.00 bits per heavy atom. The van der Waals surface area contributed by atoms with E-state index in [4.69, 9.17) is 10.5 Å². The molecule has 2 fully saturated rings. The summed E-state index contributed by atoms with van der Waals surface area (Å²) in [4.78, 5) is 11.7. The summed E-state index contributed by atoms with van der Waals surface area (Å²) < 4.78 is 5.33. The normalized spacial score (nSPS) is 27.2. The second-order valence-electron chi connectivity index (χ2n) is 5.14. The molecule has 0 unspecified atom stereocenters. The molecule has 1 aliphatic heterocycles. The second-order valence-corrected chi connectivity index (χ2v) is 5.14. The minimum absolute atomic E-state index is 0. The van der Waals surface area contributed by atoms with Crippen molar-refractivity contribution in [3.63, 3.8) is 0 Å². The van der Waals surface area contributed by atoms with E-state index in [-0.39, 0.29) is 30.0 Å². The maximum atomic E-state index is 11.7. The van der Waals surface area contributed by atoms with Crippen molar-refractivity contribution in [3.05, 3.63) is 0 Å². The van der Waals surface area contributed by atoms with E-state index in [2.05, 4.69) is 5.32 Å². The number of nitrogens with one attached hydrogen (secondary N) is 1. The van der Waals surface area contributed by atoms with Crippen LogP contribution in [0.5, 0.6) is 0 Å². The molecule has 17 heavy (non-hydrogen) atoms. The van der Waals surface area contributed by atoms with Crippen molar-refractivity contribution in [3.8, 4) is 0 Å². The zero-order valence-corrected chi connectivity index (χ0v) is 11.1. The lowest BCUT2D eigenvalue weighted by atomic mass is 9.82. The Kier molecular flexibility index (Phi) is 5.70. The van der Waals surface area contributed by atoms with Gasteiger partial charge in [0.1, 0.15) is 6.10 Å². The van der Waals surface area contributed by atoms with Gasteiger partial charge in [-0.1, -0.05) is 19.3 Å². The van der Waals surface area contributed by atoms with Crippen LogP contribution in [0.2, 0.25) is 0 Å². The summed E-state index contributed by atoms with van der Waals surface area (Å²) in [6.45, 7) is 1.32. The van der Waals surface area contributed by atoms with Crippen LogP contribution in [0.3, 0.4) is 0 Å². The minimum Gasteiger partial charge on any atom is -0.368 e. The molecular weight excluding hydrogens is 240 g/mol. The monoisotopic (exact) mass is 262 g/mol. The van der Waals surface area contributed by atoms with Crippen LogP contribution in [0.15, 0.2) is 0 Å². The number of ether oxygens (including phenoxy) is 1. The summed E-state index contributed by atoms with van der Waals surface area (Å²) in [5.74, 6) is 0.0212. The van der Waals surface area contributed by atoms with Gasteiger partial charge in [-0.05, 0) is 25.7 Å². The van der Waals surface area contributed by atoms with Crippen molar-refractivity contribution in [1.29, 1.82) is 0 Å². The topological polar surface area (TPSA) is 64.3 Å². The third kappa shape index (κ3) is 4.12. The highest BCUT2D eigenvalue weighted by atomic mass is 35.5. The first-order valence-electron chi connectivity index (χ1n) is 6.38. The summed E-state index contributed by atoms with van der Waals surface area (Å²) >= 11 is 0. The molecule has 1 saturated carbocycles. The van der Waals surface area contributed by atoms with E-state index >= 15 is 0 Å². The van der Waals surface area contributed by atoms with Gasteiger partial charge >= 0.3 is 0 Å². The van der Waals surface area contributed by atoms with Crippen LogP contribution in [0.1, 0.15) is 44.9 Å². The number of rotatable bonds is 3. The van der Waals surface area contributed by atoms with E-state index < -0.39 is 0 Å². The van der Waals surface area contributed by atoms with E-state index in [1.54, 1.807) is 0 Å². The first kappa shape index (κ1) is 14.7. The van der Waals surface area contributed by atoms with Gasteiger partial charge in [-0.3, -0.25) is 4.79 Å². The van der Waals surface area contributed by atoms with Gasteiger partial charge in [0.05, 0.1) is 0 Å². The number of halogens is 1. The Morgan fingerprint density at radius 3 is 2.59 bits per heavy atom. The third-order valence-corrected chi connectivity index (χ3v) is 3.69. The fourth-order valence-corrected chi connectivity index (χ4v) is 2.59. The lowest BCUT2D eigenvalue weighted by Crippen LogP contribution is -2.52. The maximum absolute atomic E-state index is 11.7. The lowest BCUT2D eigenvalue weighted by molar-refractivity contribution is -0.130. The van der Waals surface area contributed by atoms with Gasteiger partial charge in [0.2, 0.25) is 5.91 Å². The number of hydrogen-bond acceptors (Lipinski definition) is 3. The summed E-state index contributed by atoms with van der Waals surface area (Å²) in [6, 6.07) is 0. The zero-order chi connectivity index (χ0) is 11.4. The molecule has 3 N–H and O–H groups in total. The number of amides is 1. The Bertz CT molecular complexity index is 249. The molecule has 4 nitrogen and oxygen atoms in total. The smallest absolute Gasteiger partial charge is 0.249 e. The molecule has 5 heteroatoms. The second kappa shape index (κ2) is 6.57. The highest BCUT2D eigenvalue weighted by Crippen LogP contribution is 2.25. The molecule has 1 atom stereocenters. The SMILES string of the molecule is Cl.NC1(CNC(=O)[C@@H]2CCCO2)CCCCC1. The van der Waals surface area contributed by atoms with Crippen molar-refractivity contribution in [1.82, 2.24) is 5.32 Å². The first-order chi connectivity index (χ1) is 7.70. The molecule has 2 rings (SSSR count). The van der Waals surface area contributed by atoms with Gasteiger partial charge in [0.15, 0.2) is 0 Å². The number of nitrogens with two attached hydrogens (primary N) is 1. The van der Waals surface area contributed by atoms with Crippen LogP contribution in [-0.4, -0.2) is 30.7 Å². The van der Waals surface area contributed by atoms with E-state index in [1.807, 2.05) is 0 Å². The molecule has 0 aromatic heterocycles. The Balaban J connectivity index is 0.00000144. The van der Waals surface area contributed by atoms with Crippen molar-refractivity contribution in [2.24, 2.45) is 5.73 Å². The lowest BCUT2D eigenvalue weighted by Gasteiger charge is -2.33. The molecule has 0 radical (unpaired) electrons. The Morgan fingerprint density at radius 1 is 1.29 bits per heavy atom. The number of hydrogen-bond donors (Lipinski definition) is 2. The summed E-state index contributed by atoms with van der Waals surface area (Å²) in [5, 5.41) is 2.95. The van der Waals surface area contributed by atoms with E-state index in [0.717, 1.165) is 25.7 Å². The first-order valence-corrected chi connectivity index (χ1v) is 6.38. The average Bonchev–Trinajstić information content (AvgIpc) is 2.80. The fraction of sp³-hybridized carbons (Fsp3) is 0.917. The average molecular weight is 263 g/mol. The fourth-order valence-electron chi connectivity index (χ4n) is 2.59. The van der Waals surface area contributed by atoms with E-state index in [1.165, 1.54) is 19.3 Å². The molecule has 100 valence electrons. The maximum Gasteiger partial charge on any atom is 0.249 e. The van der Waals surface area contributed by atoms with Gasteiger partial charge < -0.3 is 15.8 Å². The molecule has 1 heterocycles. The van der Waals surface area contributed by atoms with Crippen LogP contribution < -0.4 is 11.1 Å². The molecule has 1 amide bonds. The van der Waals surface area contributed by atoms with Gasteiger partial charge in [0, 0.05) is 18.7 Å². The highest BCUT2D eigenvalue weighted by Gasteiger charge is 2.30. The number of carbonyl (C=O) groups excluding carboxylic acids is 1. The van der Waals surface area contributed by atoms with Gasteiger partial charge in [-0.25, -0.2) is 0 Å². The summed E-state index contributed by atoms with van der Waals surface area (Å²) in [6.07, 6.45) is 7.32. The van der Waals surface area contributed by atoms with E-state index in [0.29, 0.717) is 13.2 Å². The highest BCUT2D eigenvalue weighted by molar-refractivity contribution is 5.85. The van der Waals surface area contributed by atoms with Crippen LogP contribution in [0.4, 0.5) is 0 Å². The van der Waals surface area contributed by atoms with E-state index in [9.17, 15) is 4.79 Å². The summed E-state index contributed by atoms with van der Waals surface area (Å²) in [5.41, 5.74) is 6.08. The van der Waals surface area contributed by atoms with Crippen LogP contribution >= 0.6 is 12.4 Å². The quantitative estimate of drug-likeness (QED) is 0.807. The van der Waals surface area contributed by atoms with Crippen LogP contribution in [0, 0.1) is 0 Å². The number of carbonyl (C=O) groups is 1. The zero-order valence-electron chi connectivity index (χ0n) is 10.2. The Hall–Kier alpha value is -0.320. The van der Waals surface area contributed by atoms with Crippen LogP contribution in [0.25, 0.3) is 0 Å². The summed E-state index contributed by atoms with van der Waals surface area (Å²) in [7, 11) is 0. The Labute approximate surface area is 109 Å². The van der Waals surface area contributed by atoms with Gasteiger partial charge in [-0.15, -0.1) is 12.4 Å².